The van der Waals surface area contributed by atoms with Gasteiger partial charge < -0.3 is 15.8 Å². The van der Waals surface area contributed by atoms with Crippen LogP contribution >= 0.6 is 36.4 Å². The highest BCUT2D eigenvalue weighted by atomic mass is 35.5. The molecule has 1 unspecified atom stereocenters. The molecule has 0 saturated carbocycles. The van der Waals surface area contributed by atoms with Gasteiger partial charge in [0.1, 0.15) is 0 Å². The molecule has 0 bridgehead atoms. The van der Waals surface area contributed by atoms with Gasteiger partial charge in [0.25, 0.3) is 0 Å². The number of nitrogens with zero attached hydrogens (tertiary/aromatic N) is 1. The summed E-state index contributed by atoms with van der Waals surface area (Å²) >= 11 is 6.01. The molecule has 1 aromatic rings. The van der Waals surface area contributed by atoms with Crippen LogP contribution in [0.15, 0.2) is 24.3 Å². The lowest BCUT2D eigenvalue weighted by Gasteiger charge is -2.35. The van der Waals surface area contributed by atoms with Gasteiger partial charge in [0.15, 0.2) is 0 Å². The average molecular weight is 441 g/mol. The highest BCUT2D eigenvalue weighted by Crippen LogP contribution is 2.23. The smallest absolute Gasteiger partial charge is 0.220 e. The Morgan fingerprint density at radius 3 is 2.37 bits per heavy atom. The van der Waals surface area contributed by atoms with E-state index in [9.17, 15) is 4.79 Å². The van der Waals surface area contributed by atoms with Gasteiger partial charge in [-0.1, -0.05) is 36.6 Å². The Hall–Kier alpha value is -0.560. The fraction of sp³-hybridized carbons (Fsp3) is 0.632. The minimum absolute atomic E-state index is 0. The van der Waals surface area contributed by atoms with E-state index in [1.807, 2.05) is 24.3 Å². The van der Waals surface area contributed by atoms with Gasteiger partial charge in [-0.05, 0) is 37.1 Å². The second kappa shape index (κ2) is 15.4. The zero-order valence-electron chi connectivity index (χ0n) is 15.7. The number of nitrogens with one attached hydrogen (secondary N) is 1. The first-order chi connectivity index (χ1) is 12.2. The fourth-order valence-electron chi connectivity index (χ4n) is 3.11. The summed E-state index contributed by atoms with van der Waals surface area (Å²) in [7, 11) is 0. The Kier molecular flexibility index (Phi) is 15.1. The molecular formula is C19H32Cl3N3O2. The second-order valence-electron chi connectivity index (χ2n) is 6.47. The summed E-state index contributed by atoms with van der Waals surface area (Å²) < 4.78 is 5.46. The van der Waals surface area contributed by atoms with Gasteiger partial charge in [0, 0.05) is 31.1 Å². The van der Waals surface area contributed by atoms with Crippen molar-refractivity contribution in [3.05, 3.63) is 34.9 Å². The topological polar surface area (TPSA) is 67.6 Å². The van der Waals surface area contributed by atoms with Crippen LogP contribution in [0.1, 0.15) is 43.7 Å². The van der Waals surface area contributed by atoms with Crippen molar-refractivity contribution < 1.29 is 9.53 Å². The van der Waals surface area contributed by atoms with Gasteiger partial charge in [-0.2, -0.15) is 0 Å². The first-order valence-electron chi connectivity index (χ1n) is 9.24. The Balaban J connectivity index is 0.00000338. The molecule has 1 atom stereocenters. The number of hydrogen-bond acceptors (Lipinski definition) is 4. The largest absolute Gasteiger partial charge is 0.379 e. The van der Waals surface area contributed by atoms with Crippen molar-refractivity contribution in [2.45, 2.75) is 38.1 Å². The summed E-state index contributed by atoms with van der Waals surface area (Å²) in [6, 6.07) is 8.05. The molecule has 0 spiro atoms. The van der Waals surface area contributed by atoms with Crippen LogP contribution in [0, 0.1) is 0 Å². The van der Waals surface area contributed by atoms with Crippen LogP contribution in [0.3, 0.4) is 0 Å². The number of hydrogen-bond donors (Lipinski definition) is 2. The molecule has 0 aliphatic carbocycles. The predicted molar refractivity (Wildman–Crippen MR) is 116 cm³/mol. The van der Waals surface area contributed by atoms with E-state index in [4.69, 9.17) is 22.1 Å². The van der Waals surface area contributed by atoms with E-state index in [0.29, 0.717) is 13.0 Å². The molecule has 27 heavy (non-hydrogen) atoms. The van der Waals surface area contributed by atoms with E-state index < -0.39 is 0 Å². The van der Waals surface area contributed by atoms with Crippen molar-refractivity contribution in [1.82, 2.24) is 10.2 Å². The summed E-state index contributed by atoms with van der Waals surface area (Å²) in [6.07, 6.45) is 4.72. The fourth-order valence-corrected chi connectivity index (χ4v) is 3.24. The summed E-state index contributed by atoms with van der Waals surface area (Å²) in [5.41, 5.74) is 6.66. The molecule has 1 saturated heterocycles. The SMILES string of the molecule is Cl.Cl.NCCCCCCC(=O)NCC(c1ccc(Cl)cc1)N1CCOCC1. The molecule has 1 amide bonds. The van der Waals surface area contributed by atoms with Crippen molar-refractivity contribution in [1.29, 1.82) is 0 Å². The molecule has 1 aliphatic rings. The van der Waals surface area contributed by atoms with E-state index >= 15 is 0 Å². The number of halogens is 3. The summed E-state index contributed by atoms with van der Waals surface area (Å²) in [6.45, 7) is 4.57. The molecule has 2 rings (SSSR count). The lowest BCUT2D eigenvalue weighted by atomic mass is 10.0. The van der Waals surface area contributed by atoms with Gasteiger partial charge in [-0.15, -0.1) is 24.8 Å². The predicted octanol–water partition coefficient (Wildman–Crippen LogP) is 3.58. The number of amides is 1. The van der Waals surface area contributed by atoms with Crippen molar-refractivity contribution in [2.24, 2.45) is 5.73 Å². The maximum Gasteiger partial charge on any atom is 0.220 e. The van der Waals surface area contributed by atoms with Crippen LogP contribution in [0.4, 0.5) is 0 Å². The van der Waals surface area contributed by atoms with Gasteiger partial charge in [0.05, 0.1) is 19.3 Å². The number of rotatable bonds is 10. The third kappa shape index (κ3) is 9.97. The molecule has 8 heteroatoms. The second-order valence-corrected chi connectivity index (χ2v) is 6.91. The van der Waals surface area contributed by atoms with Crippen molar-refractivity contribution in [2.75, 3.05) is 39.4 Å². The molecule has 156 valence electrons. The van der Waals surface area contributed by atoms with Crippen molar-refractivity contribution in [3.63, 3.8) is 0 Å². The summed E-state index contributed by atoms with van der Waals surface area (Å²) in [4.78, 5) is 14.5. The zero-order valence-corrected chi connectivity index (χ0v) is 18.1. The number of carbonyl (C=O) groups is 1. The maximum atomic E-state index is 12.1. The van der Waals surface area contributed by atoms with Crippen LogP contribution in [-0.4, -0.2) is 50.2 Å². The number of ether oxygens (including phenoxy) is 1. The highest BCUT2D eigenvalue weighted by Gasteiger charge is 2.23. The van der Waals surface area contributed by atoms with E-state index in [1.165, 1.54) is 5.56 Å². The summed E-state index contributed by atoms with van der Waals surface area (Å²) in [5, 5.41) is 3.83. The molecular weight excluding hydrogens is 409 g/mol. The van der Waals surface area contributed by atoms with Crippen molar-refractivity contribution >= 4 is 42.3 Å². The quantitative estimate of drug-likeness (QED) is 0.546. The van der Waals surface area contributed by atoms with Crippen LogP contribution < -0.4 is 11.1 Å². The normalized spacial score (nSPS) is 15.3. The van der Waals surface area contributed by atoms with E-state index in [-0.39, 0.29) is 36.8 Å². The summed E-state index contributed by atoms with van der Waals surface area (Å²) in [5.74, 6) is 0.125. The first kappa shape index (κ1) is 26.4. The van der Waals surface area contributed by atoms with Crippen LogP contribution in [-0.2, 0) is 9.53 Å². The van der Waals surface area contributed by atoms with Gasteiger partial charge in [-0.3, -0.25) is 9.69 Å². The third-order valence-corrected chi connectivity index (χ3v) is 4.84. The molecule has 0 radical (unpaired) electrons. The van der Waals surface area contributed by atoms with Gasteiger partial charge >= 0.3 is 0 Å². The Morgan fingerprint density at radius 1 is 1.11 bits per heavy atom. The molecule has 1 aromatic carbocycles. The average Bonchev–Trinajstić information content (AvgIpc) is 2.64. The molecule has 1 heterocycles. The van der Waals surface area contributed by atoms with E-state index in [2.05, 4.69) is 10.2 Å². The van der Waals surface area contributed by atoms with Gasteiger partial charge in [-0.25, -0.2) is 0 Å². The standard InChI is InChI=1S/C19H30ClN3O2.2ClH/c20-17-8-6-16(7-9-17)18(23-11-13-25-14-12-23)15-22-19(24)5-3-1-2-4-10-21;;/h6-9,18H,1-5,10-15,21H2,(H,22,24);2*1H. The van der Waals surface area contributed by atoms with Crippen LogP contribution in [0.5, 0.6) is 0 Å². The van der Waals surface area contributed by atoms with Crippen LogP contribution in [0.2, 0.25) is 5.02 Å². The Morgan fingerprint density at radius 2 is 1.74 bits per heavy atom. The molecule has 1 fully saturated rings. The molecule has 5 nitrogen and oxygen atoms in total. The zero-order chi connectivity index (χ0) is 17.9. The third-order valence-electron chi connectivity index (χ3n) is 4.59. The van der Waals surface area contributed by atoms with Crippen LogP contribution in [0.25, 0.3) is 0 Å². The molecule has 0 aromatic heterocycles. The number of carbonyl (C=O) groups excluding carboxylic acids is 1. The molecule has 1 aliphatic heterocycles. The Bertz CT molecular complexity index is 511. The number of nitrogens with two attached hydrogens (primary N) is 1. The van der Waals surface area contributed by atoms with Gasteiger partial charge in [0.2, 0.25) is 5.91 Å². The number of unbranched alkanes of at least 4 members (excludes halogenated alkanes) is 3. The lowest BCUT2D eigenvalue weighted by Crippen LogP contribution is -2.43. The highest BCUT2D eigenvalue weighted by molar-refractivity contribution is 6.30. The first-order valence-corrected chi connectivity index (χ1v) is 9.62. The Labute approximate surface area is 180 Å². The van der Waals surface area contributed by atoms with E-state index in [0.717, 1.165) is 63.6 Å². The maximum absolute atomic E-state index is 12.1. The van der Waals surface area contributed by atoms with Crippen molar-refractivity contribution in [3.8, 4) is 0 Å². The number of benzene rings is 1. The minimum atomic E-state index is 0. The lowest BCUT2D eigenvalue weighted by molar-refractivity contribution is -0.121. The minimum Gasteiger partial charge on any atom is -0.379 e. The monoisotopic (exact) mass is 439 g/mol. The molecule has 3 N–H and O–H groups in total. The van der Waals surface area contributed by atoms with E-state index in [1.54, 1.807) is 0 Å². The number of morpholine rings is 1.